The van der Waals surface area contributed by atoms with Gasteiger partial charge >= 0.3 is 0 Å². The average Bonchev–Trinajstić information content (AvgIpc) is 2.91. The highest BCUT2D eigenvalue weighted by Gasteiger charge is 2.27. The SMILES string of the molecule is c1ccc2c(c1)OC(c1noc(CC3CNC3)n1)CS2. The number of thioether (sulfide) groups is 1. The maximum Gasteiger partial charge on any atom is 0.227 e. The minimum absolute atomic E-state index is 0.119. The van der Waals surface area contributed by atoms with Gasteiger partial charge in [0.25, 0.3) is 0 Å². The number of rotatable bonds is 3. The lowest BCUT2D eigenvalue weighted by Gasteiger charge is -2.25. The smallest absolute Gasteiger partial charge is 0.227 e. The molecule has 1 aromatic carbocycles. The van der Waals surface area contributed by atoms with Gasteiger partial charge in [-0.3, -0.25) is 0 Å². The highest BCUT2D eigenvalue weighted by Crippen LogP contribution is 2.39. The summed E-state index contributed by atoms with van der Waals surface area (Å²) in [5, 5.41) is 7.32. The van der Waals surface area contributed by atoms with Gasteiger partial charge in [0.15, 0.2) is 6.10 Å². The summed E-state index contributed by atoms with van der Waals surface area (Å²) >= 11 is 1.77. The number of nitrogens with zero attached hydrogens (tertiary/aromatic N) is 2. The van der Waals surface area contributed by atoms with E-state index in [9.17, 15) is 0 Å². The molecule has 0 aliphatic carbocycles. The van der Waals surface area contributed by atoms with Crippen LogP contribution in [-0.2, 0) is 6.42 Å². The van der Waals surface area contributed by atoms with Gasteiger partial charge < -0.3 is 14.6 Å². The third-order valence-electron chi connectivity index (χ3n) is 3.61. The number of ether oxygens (including phenoxy) is 1. The van der Waals surface area contributed by atoms with Gasteiger partial charge in [0.05, 0.1) is 0 Å². The Bertz CT molecular complexity index is 612. The molecule has 1 N–H and O–H groups in total. The second-order valence-corrected chi connectivity index (χ2v) is 6.20. The Balaban J connectivity index is 1.48. The van der Waals surface area contributed by atoms with Gasteiger partial charge in [-0.2, -0.15) is 4.98 Å². The second kappa shape index (κ2) is 5.10. The monoisotopic (exact) mass is 289 g/mol. The fourth-order valence-corrected chi connectivity index (χ4v) is 3.35. The molecule has 20 heavy (non-hydrogen) atoms. The number of para-hydroxylation sites is 1. The maximum absolute atomic E-state index is 5.96. The summed E-state index contributed by atoms with van der Waals surface area (Å²) in [4.78, 5) is 5.66. The number of benzene rings is 1. The molecule has 2 aliphatic rings. The fraction of sp³-hybridized carbons (Fsp3) is 0.429. The second-order valence-electron chi connectivity index (χ2n) is 5.14. The van der Waals surface area contributed by atoms with Crippen LogP contribution in [0.4, 0.5) is 0 Å². The first-order chi connectivity index (χ1) is 9.88. The first-order valence-electron chi connectivity index (χ1n) is 6.80. The van der Waals surface area contributed by atoms with Crippen LogP contribution in [0, 0.1) is 5.92 Å². The number of hydrogen-bond acceptors (Lipinski definition) is 6. The van der Waals surface area contributed by atoms with E-state index in [2.05, 4.69) is 21.5 Å². The van der Waals surface area contributed by atoms with E-state index in [1.807, 2.05) is 18.2 Å². The van der Waals surface area contributed by atoms with Crippen molar-refractivity contribution in [3.63, 3.8) is 0 Å². The number of aromatic nitrogens is 2. The Morgan fingerprint density at radius 3 is 3.05 bits per heavy atom. The predicted octanol–water partition coefficient (Wildman–Crippen LogP) is 2.06. The van der Waals surface area contributed by atoms with Crippen molar-refractivity contribution in [1.82, 2.24) is 15.5 Å². The van der Waals surface area contributed by atoms with Crippen LogP contribution in [0.3, 0.4) is 0 Å². The summed E-state index contributed by atoms with van der Waals surface area (Å²) < 4.78 is 11.3. The van der Waals surface area contributed by atoms with Crippen molar-refractivity contribution in [2.24, 2.45) is 5.92 Å². The molecule has 2 aliphatic heterocycles. The summed E-state index contributed by atoms with van der Waals surface area (Å²) in [6, 6.07) is 8.05. The Morgan fingerprint density at radius 2 is 2.20 bits per heavy atom. The Kier molecular flexibility index (Phi) is 3.12. The van der Waals surface area contributed by atoms with E-state index in [0.29, 0.717) is 11.7 Å². The molecule has 1 unspecified atom stereocenters. The summed E-state index contributed by atoms with van der Waals surface area (Å²) in [6.07, 6.45) is 0.739. The molecular weight excluding hydrogens is 274 g/mol. The Hall–Kier alpha value is -1.53. The average molecular weight is 289 g/mol. The molecule has 1 saturated heterocycles. The molecule has 2 aromatic rings. The lowest BCUT2D eigenvalue weighted by molar-refractivity contribution is 0.204. The largest absolute Gasteiger partial charge is 0.480 e. The number of fused-ring (bicyclic) bond motifs is 1. The first-order valence-corrected chi connectivity index (χ1v) is 7.79. The summed E-state index contributed by atoms with van der Waals surface area (Å²) in [7, 11) is 0. The van der Waals surface area contributed by atoms with Gasteiger partial charge in [-0.25, -0.2) is 0 Å². The molecular formula is C14H15N3O2S. The van der Waals surface area contributed by atoms with Crippen LogP contribution in [0.25, 0.3) is 0 Å². The molecule has 4 rings (SSSR count). The van der Waals surface area contributed by atoms with Gasteiger partial charge in [0.1, 0.15) is 5.75 Å². The highest BCUT2D eigenvalue weighted by molar-refractivity contribution is 7.99. The number of nitrogens with one attached hydrogen (secondary N) is 1. The first kappa shape index (κ1) is 12.2. The van der Waals surface area contributed by atoms with E-state index >= 15 is 0 Å². The molecule has 1 atom stereocenters. The highest BCUT2D eigenvalue weighted by atomic mass is 32.2. The third kappa shape index (κ3) is 2.29. The zero-order chi connectivity index (χ0) is 13.4. The predicted molar refractivity (Wildman–Crippen MR) is 74.9 cm³/mol. The van der Waals surface area contributed by atoms with Crippen molar-refractivity contribution in [3.05, 3.63) is 36.0 Å². The minimum atomic E-state index is -0.119. The zero-order valence-corrected chi connectivity index (χ0v) is 11.7. The van der Waals surface area contributed by atoms with Gasteiger partial charge in [0, 0.05) is 17.1 Å². The molecule has 0 amide bonds. The molecule has 6 heteroatoms. The maximum atomic E-state index is 5.96. The zero-order valence-electron chi connectivity index (χ0n) is 10.9. The van der Waals surface area contributed by atoms with Gasteiger partial charge in [-0.15, -0.1) is 11.8 Å². The van der Waals surface area contributed by atoms with Crippen molar-refractivity contribution in [2.45, 2.75) is 17.4 Å². The van der Waals surface area contributed by atoms with E-state index in [4.69, 9.17) is 9.26 Å². The molecule has 104 valence electrons. The summed E-state index contributed by atoms with van der Waals surface area (Å²) in [5.41, 5.74) is 0. The number of hydrogen-bond donors (Lipinski definition) is 1. The quantitative estimate of drug-likeness (QED) is 0.933. The lowest BCUT2D eigenvalue weighted by Crippen LogP contribution is -2.43. The molecule has 0 saturated carbocycles. The Morgan fingerprint density at radius 1 is 1.30 bits per heavy atom. The molecule has 1 fully saturated rings. The van der Waals surface area contributed by atoms with Crippen LogP contribution in [0.2, 0.25) is 0 Å². The minimum Gasteiger partial charge on any atom is -0.480 e. The van der Waals surface area contributed by atoms with Crippen molar-refractivity contribution in [3.8, 4) is 5.75 Å². The molecule has 3 heterocycles. The van der Waals surface area contributed by atoms with E-state index in [1.165, 1.54) is 4.90 Å². The van der Waals surface area contributed by atoms with Crippen LogP contribution < -0.4 is 10.1 Å². The molecule has 0 radical (unpaired) electrons. The lowest BCUT2D eigenvalue weighted by atomic mass is 10.00. The third-order valence-corrected chi connectivity index (χ3v) is 4.73. The van der Waals surface area contributed by atoms with Crippen LogP contribution in [0.15, 0.2) is 33.7 Å². The van der Waals surface area contributed by atoms with Crippen molar-refractivity contribution in [1.29, 1.82) is 0 Å². The molecule has 0 spiro atoms. The van der Waals surface area contributed by atoms with Crippen LogP contribution in [0.1, 0.15) is 17.8 Å². The molecule has 0 bridgehead atoms. The van der Waals surface area contributed by atoms with Crippen molar-refractivity contribution >= 4 is 11.8 Å². The van der Waals surface area contributed by atoms with Gasteiger partial charge in [-0.1, -0.05) is 17.3 Å². The van der Waals surface area contributed by atoms with E-state index in [-0.39, 0.29) is 6.10 Å². The summed E-state index contributed by atoms with van der Waals surface area (Å²) in [6.45, 7) is 2.09. The van der Waals surface area contributed by atoms with E-state index in [1.54, 1.807) is 11.8 Å². The standard InChI is InChI=1S/C14H15N3O2S/c1-2-4-12-10(3-1)18-11(8-20-12)14-16-13(19-17-14)5-9-6-15-7-9/h1-4,9,11,15H,5-8H2. The molecule has 5 nitrogen and oxygen atoms in total. The summed E-state index contributed by atoms with van der Waals surface area (Å²) in [5.74, 6) is 3.74. The molecule has 1 aromatic heterocycles. The van der Waals surface area contributed by atoms with Gasteiger partial charge in [0.2, 0.25) is 11.7 Å². The normalized spacial score (nSPS) is 21.9. The van der Waals surface area contributed by atoms with Crippen molar-refractivity contribution < 1.29 is 9.26 Å². The van der Waals surface area contributed by atoms with Crippen LogP contribution in [0.5, 0.6) is 5.75 Å². The van der Waals surface area contributed by atoms with Crippen molar-refractivity contribution in [2.75, 3.05) is 18.8 Å². The van der Waals surface area contributed by atoms with Crippen LogP contribution in [-0.4, -0.2) is 29.0 Å². The topological polar surface area (TPSA) is 60.2 Å². The Labute approximate surface area is 121 Å². The fourth-order valence-electron chi connectivity index (χ4n) is 2.37. The van der Waals surface area contributed by atoms with Crippen LogP contribution >= 0.6 is 11.8 Å². The van der Waals surface area contributed by atoms with E-state index in [0.717, 1.165) is 36.9 Å². The van der Waals surface area contributed by atoms with E-state index < -0.39 is 0 Å². The van der Waals surface area contributed by atoms with Gasteiger partial charge in [-0.05, 0) is 31.1 Å².